The van der Waals surface area contributed by atoms with Crippen LogP contribution in [0.25, 0.3) is 10.2 Å². The molecule has 0 saturated carbocycles. The molecule has 144 valence electrons. The number of nitrogens with one attached hydrogen (secondary N) is 1. The topological polar surface area (TPSA) is 71.5 Å². The predicted molar refractivity (Wildman–Crippen MR) is 110 cm³/mol. The molecule has 0 bridgehead atoms. The van der Waals surface area contributed by atoms with Crippen LogP contribution in [0.4, 0.5) is 5.69 Å². The van der Waals surface area contributed by atoms with Gasteiger partial charge in [-0.3, -0.25) is 9.59 Å². The molecule has 1 atom stereocenters. The molecule has 7 heteroatoms. The van der Waals surface area contributed by atoms with E-state index in [1.54, 1.807) is 23.2 Å². The van der Waals surface area contributed by atoms with Crippen molar-refractivity contribution in [2.24, 2.45) is 0 Å². The number of rotatable bonds is 6. The van der Waals surface area contributed by atoms with E-state index in [4.69, 9.17) is 4.74 Å². The monoisotopic (exact) mass is 395 g/mol. The van der Waals surface area contributed by atoms with Crippen molar-refractivity contribution in [3.05, 3.63) is 53.5 Å². The summed E-state index contributed by atoms with van der Waals surface area (Å²) in [6.07, 6.45) is 0.394. The quantitative estimate of drug-likeness (QED) is 0.696. The third-order valence-electron chi connectivity index (χ3n) is 4.64. The maximum absolute atomic E-state index is 12.4. The number of ether oxygens (including phenoxy) is 1. The van der Waals surface area contributed by atoms with Gasteiger partial charge in [-0.25, -0.2) is 4.98 Å². The largest absolute Gasteiger partial charge is 0.479 e. The van der Waals surface area contributed by atoms with E-state index in [-0.39, 0.29) is 18.2 Å². The van der Waals surface area contributed by atoms with Crippen LogP contribution in [0.1, 0.15) is 18.4 Å². The molecule has 1 aliphatic heterocycles. The van der Waals surface area contributed by atoms with Gasteiger partial charge in [-0.05, 0) is 31.2 Å². The molecular weight excluding hydrogens is 374 g/mol. The second kappa shape index (κ2) is 7.98. The zero-order valence-electron chi connectivity index (χ0n) is 15.6. The van der Waals surface area contributed by atoms with Gasteiger partial charge in [-0.2, -0.15) is 0 Å². The molecule has 2 aromatic carbocycles. The lowest BCUT2D eigenvalue weighted by Crippen LogP contribution is -2.45. The second-order valence-electron chi connectivity index (χ2n) is 6.64. The molecule has 4 rings (SSSR count). The lowest BCUT2D eigenvalue weighted by Gasteiger charge is -2.32. The molecule has 1 N–H and O–H groups in total. The van der Waals surface area contributed by atoms with Crippen molar-refractivity contribution in [1.29, 1.82) is 0 Å². The van der Waals surface area contributed by atoms with E-state index in [1.807, 2.05) is 48.5 Å². The number of nitrogens with zero attached hydrogens (tertiary/aromatic N) is 2. The van der Waals surface area contributed by atoms with Crippen LogP contribution in [0.3, 0.4) is 0 Å². The zero-order chi connectivity index (χ0) is 19.5. The molecule has 1 aliphatic rings. The van der Waals surface area contributed by atoms with Crippen LogP contribution in [-0.4, -0.2) is 36.0 Å². The minimum atomic E-state index is -0.544. The number of thiazole rings is 1. The van der Waals surface area contributed by atoms with Crippen LogP contribution in [0.5, 0.6) is 5.75 Å². The van der Waals surface area contributed by atoms with Gasteiger partial charge < -0.3 is 15.0 Å². The molecule has 2 heterocycles. The van der Waals surface area contributed by atoms with Crippen molar-refractivity contribution in [1.82, 2.24) is 10.3 Å². The molecule has 0 radical (unpaired) electrons. The Morgan fingerprint density at radius 2 is 2.00 bits per heavy atom. The summed E-state index contributed by atoms with van der Waals surface area (Å²) in [5.74, 6) is 0.470. The highest BCUT2D eigenvalue weighted by molar-refractivity contribution is 7.18. The van der Waals surface area contributed by atoms with E-state index in [0.717, 1.165) is 15.2 Å². The van der Waals surface area contributed by atoms with Crippen molar-refractivity contribution in [2.75, 3.05) is 18.0 Å². The first-order valence-electron chi connectivity index (χ1n) is 9.30. The van der Waals surface area contributed by atoms with E-state index in [9.17, 15) is 9.59 Å². The van der Waals surface area contributed by atoms with Crippen LogP contribution in [-0.2, 0) is 16.0 Å². The standard InChI is InChI=1S/C21H21N3O3S/c1-14-21(26)24(16-7-3-4-8-17(16)27-14)13-11-19(25)22-12-10-20-23-15-6-2-5-9-18(15)28-20/h2-9,14H,10-13H2,1H3,(H,22,25). The van der Waals surface area contributed by atoms with E-state index in [0.29, 0.717) is 30.9 Å². The van der Waals surface area contributed by atoms with E-state index in [1.165, 1.54) is 0 Å². The van der Waals surface area contributed by atoms with Crippen molar-refractivity contribution < 1.29 is 14.3 Å². The SMILES string of the molecule is CC1Oc2ccccc2N(CCC(=O)NCCc2nc3ccccc3s2)C1=O. The number of carbonyl (C=O) groups is 2. The van der Waals surface area contributed by atoms with Gasteiger partial charge in [0.05, 0.1) is 20.9 Å². The van der Waals surface area contributed by atoms with Gasteiger partial charge in [-0.15, -0.1) is 11.3 Å². The summed E-state index contributed by atoms with van der Waals surface area (Å²) < 4.78 is 6.78. The molecule has 2 amide bonds. The van der Waals surface area contributed by atoms with Gasteiger partial charge in [0.1, 0.15) is 5.75 Å². The van der Waals surface area contributed by atoms with Crippen molar-refractivity contribution in [2.45, 2.75) is 25.9 Å². The van der Waals surface area contributed by atoms with E-state index < -0.39 is 6.10 Å². The fourth-order valence-corrected chi connectivity index (χ4v) is 4.19. The van der Waals surface area contributed by atoms with E-state index >= 15 is 0 Å². The highest BCUT2D eigenvalue weighted by Crippen LogP contribution is 2.33. The maximum Gasteiger partial charge on any atom is 0.267 e. The maximum atomic E-state index is 12.4. The van der Waals surface area contributed by atoms with Crippen LogP contribution in [0.2, 0.25) is 0 Å². The molecule has 1 aromatic heterocycles. The molecule has 0 aliphatic carbocycles. The average Bonchev–Trinajstić information content (AvgIpc) is 3.11. The molecule has 1 unspecified atom stereocenters. The Kier molecular flexibility index (Phi) is 5.25. The first kappa shape index (κ1) is 18.4. The van der Waals surface area contributed by atoms with Gasteiger partial charge in [0, 0.05) is 25.9 Å². The minimum Gasteiger partial charge on any atom is -0.479 e. The number of fused-ring (bicyclic) bond motifs is 2. The zero-order valence-corrected chi connectivity index (χ0v) is 16.4. The van der Waals surface area contributed by atoms with Gasteiger partial charge in [0.15, 0.2) is 6.10 Å². The Hall–Kier alpha value is -2.93. The van der Waals surface area contributed by atoms with Gasteiger partial charge >= 0.3 is 0 Å². The van der Waals surface area contributed by atoms with Gasteiger partial charge in [0.25, 0.3) is 5.91 Å². The fourth-order valence-electron chi connectivity index (χ4n) is 3.23. The van der Waals surface area contributed by atoms with Crippen molar-refractivity contribution >= 4 is 39.1 Å². The van der Waals surface area contributed by atoms with Crippen LogP contribution in [0.15, 0.2) is 48.5 Å². The second-order valence-corrected chi connectivity index (χ2v) is 7.76. The van der Waals surface area contributed by atoms with Crippen molar-refractivity contribution in [3.63, 3.8) is 0 Å². The molecule has 6 nitrogen and oxygen atoms in total. The molecule has 0 spiro atoms. The Labute approximate surface area is 167 Å². The third-order valence-corrected chi connectivity index (χ3v) is 5.73. The number of aromatic nitrogens is 1. The predicted octanol–water partition coefficient (Wildman–Crippen LogP) is 3.16. The molecule has 0 saturated heterocycles. The summed E-state index contributed by atoms with van der Waals surface area (Å²) >= 11 is 1.65. The fraction of sp³-hybridized carbons (Fsp3) is 0.286. The van der Waals surface area contributed by atoms with Crippen molar-refractivity contribution in [3.8, 4) is 5.75 Å². The highest BCUT2D eigenvalue weighted by Gasteiger charge is 2.31. The highest BCUT2D eigenvalue weighted by atomic mass is 32.1. The summed E-state index contributed by atoms with van der Waals surface area (Å²) in [7, 11) is 0. The normalized spacial score (nSPS) is 16.0. The molecular formula is C21H21N3O3S. The number of hydrogen-bond donors (Lipinski definition) is 1. The third kappa shape index (κ3) is 3.84. The Morgan fingerprint density at radius 1 is 1.21 bits per heavy atom. The Balaban J connectivity index is 1.30. The number of carbonyl (C=O) groups excluding carboxylic acids is 2. The summed E-state index contributed by atoms with van der Waals surface area (Å²) in [6, 6.07) is 15.4. The Morgan fingerprint density at radius 3 is 2.86 bits per heavy atom. The first-order chi connectivity index (χ1) is 13.6. The number of benzene rings is 2. The lowest BCUT2D eigenvalue weighted by molar-refractivity contribution is -0.125. The Bertz CT molecular complexity index is 984. The summed E-state index contributed by atoms with van der Waals surface area (Å²) in [6.45, 7) is 2.59. The van der Waals surface area contributed by atoms with Crippen LogP contribution in [0, 0.1) is 0 Å². The summed E-state index contributed by atoms with van der Waals surface area (Å²) in [5.41, 5.74) is 1.71. The first-order valence-corrected chi connectivity index (χ1v) is 10.1. The van der Waals surface area contributed by atoms with Crippen LogP contribution < -0.4 is 15.0 Å². The summed E-state index contributed by atoms with van der Waals surface area (Å²) in [4.78, 5) is 30.9. The number of amides is 2. The molecule has 28 heavy (non-hydrogen) atoms. The average molecular weight is 395 g/mol. The number of para-hydroxylation sites is 3. The van der Waals surface area contributed by atoms with Crippen LogP contribution >= 0.6 is 11.3 Å². The number of anilines is 1. The van der Waals surface area contributed by atoms with E-state index in [2.05, 4.69) is 10.3 Å². The molecule has 3 aromatic rings. The van der Waals surface area contributed by atoms with Gasteiger partial charge in [-0.1, -0.05) is 24.3 Å². The minimum absolute atomic E-state index is 0.0782. The molecule has 0 fully saturated rings. The smallest absolute Gasteiger partial charge is 0.267 e. The lowest BCUT2D eigenvalue weighted by atomic mass is 10.1. The summed E-state index contributed by atoms with van der Waals surface area (Å²) in [5, 5.41) is 3.93. The van der Waals surface area contributed by atoms with Gasteiger partial charge in [0.2, 0.25) is 5.91 Å². The number of hydrogen-bond acceptors (Lipinski definition) is 5.